The molecular weight excluding hydrogens is 278 g/mol. The van der Waals surface area contributed by atoms with Crippen LogP contribution in [0.15, 0.2) is 42.5 Å². The maximum Gasteiger partial charge on any atom is 0.241 e. The summed E-state index contributed by atoms with van der Waals surface area (Å²) < 4.78 is 0. The molecule has 0 aromatic heterocycles. The van der Waals surface area contributed by atoms with E-state index in [0.29, 0.717) is 13.1 Å². The Kier molecular flexibility index (Phi) is 4.06. The van der Waals surface area contributed by atoms with Gasteiger partial charge in [-0.2, -0.15) is 0 Å². The van der Waals surface area contributed by atoms with E-state index in [9.17, 15) is 9.59 Å². The normalized spacial score (nSPS) is 17.0. The summed E-state index contributed by atoms with van der Waals surface area (Å²) in [6, 6.07) is 13.4. The largest absolute Gasteiger partial charge is 0.354 e. The number of anilines is 1. The van der Waals surface area contributed by atoms with Crippen molar-refractivity contribution >= 4 is 28.3 Å². The summed E-state index contributed by atoms with van der Waals surface area (Å²) in [4.78, 5) is 25.8. The highest BCUT2D eigenvalue weighted by Crippen LogP contribution is 2.23. The van der Waals surface area contributed by atoms with E-state index in [2.05, 4.69) is 10.6 Å². The van der Waals surface area contributed by atoms with E-state index < -0.39 is 0 Å². The lowest BCUT2D eigenvalue weighted by molar-refractivity contribution is -0.127. The molecule has 114 valence electrons. The molecule has 5 heteroatoms. The zero-order chi connectivity index (χ0) is 15.5. The number of benzene rings is 2. The van der Waals surface area contributed by atoms with Crippen molar-refractivity contribution in [2.75, 3.05) is 25.0 Å². The molecule has 0 unspecified atom stereocenters. The number of carbonyl (C=O) groups excluding carboxylic acids is 2. The summed E-state index contributed by atoms with van der Waals surface area (Å²) >= 11 is 0. The Morgan fingerprint density at radius 3 is 2.82 bits per heavy atom. The molecule has 1 heterocycles. The highest BCUT2D eigenvalue weighted by molar-refractivity contribution is 6.03. The topological polar surface area (TPSA) is 61.4 Å². The van der Waals surface area contributed by atoms with Gasteiger partial charge in [0.2, 0.25) is 11.8 Å². The van der Waals surface area contributed by atoms with Crippen molar-refractivity contribution < 1.29 is 9.59 Å². The zero-order valence-corrected chi connectivity index (χ0v) is 12.5. The first-order chi connectivity index (χ1) is 10.6. The molecule has 22 heavy (non-hydrogen) atoms. The van der Waals surface area contributed by atoms with Crippen molar-refractivity contribution in [3.63, 3.8) is 0 Å². The molecule has 1 aliphatic heterocycles. The minimum absolute atomic E-state index is 0.0314. The van der Waals surface area contributed by atoms with Crippen LogP contribution in [0.5, 0.6) is 0 Å². The van der Waals surface area contributed by atoms with Crippen LogP contribution in [0, 0.1) is 0 Å². The molecule has 2 amide bonds. The molecule has 3 rings (SSSR count). The molecule has 0 saturated carbocycles. The van der Waals surface area contributed by atoms with Gasteiger partial charge in [-0.05, 0) is 18.4 Å². The van der Waals surface area contributed by atoms with E-state index in [-0.39, 0.29) is 24.4 Å². The first-order valence-corrected chi connectivity index (χ1v) is 7.44. The van der Waals surface area contributed by atoms with Gasteiger partial charge in [-0.1, -0.05) is 36.4 Å². The number of carbonyl (C=O) groups is 2. The van der Waals surface area contributed by atoms with Crippen molar-refractivity contribution in [3.8, 4) is 0 Å². The van der Waals surface area contributed by atoms with E-state index in [4.69, 9.17) is 0 Å². The van der Waals surface area contributed by atoms with Crippen molar-refractivity contribution in [2.45, 2.75) is 13.0 Å². The summed E-state index contributed by atoms with van der Waals surface area (Å²) in [7, 11) is 0. The Morgan fingerprint density at radius 1 is 1.23 bits per heavy atom. The maximum absolute atomic E-state index is 12.5. The van der Waals surface area contributed by atoms with Gasteiger partial charge in [0.15, 0.2) is 0 Å². The first kappa shape index (κ1) is 14.5. The average molecular weight is 297 g/mol. The monoisotopic (exact) mass is 297 g/mol. The second kappa shape index (κ2) is 6.15. The quantitative estimate of drug-likeness (QED) is 0.904. The molecule has 0 spiro atoms. The molecule has 0 aliphatic carbocycles. The minimum Gasteiger partial charge on any atom is -0.354 e. The zero-order valence-electron chi connectivity index (χ0n) is 12.5. The molecule has 2 aromatic rings. The van der Waals surface area contributed by atoms with Crippen LogP contribution in [0.25, 0.3) is 10.8 Å². The van der Waals surface area contributed by atoms with Crippen molar-refractivity contribution in [2.24, 2.45) is 0 Å². The number of nitrogens with zero attached hydrogens (tertiary/aromatic N) is 1. The summed E-state index contributed by atoms with van der Waals surface area (Å²) in [5.74, 6) is -0.123. The lowest BCUT2D eigenvalue weighted by atomic mass is 10.1. The molecule has 1 saturated heterocycles. The molecule has 0 radical (unpaired) electrons. The molecule has 0 bridgehead atoms. The van der Waals surface area contributed by atoms with Gasteiger partial charge in [0.1, 0.15) is 0 Å². The highest BCUT2D eigenvalue weighted by atomic mass is 16.2. The molecule has 2 aromatic carbocycles. The lowest BCUT2D eigenvalue weighted by Crippen LogP contribution is -2.53. The maximum atomic E-state index is 12.5. The Hall–Kier alpha value is -2.40. The summed E-state index contributed by atoms with van der Waals surface area (Å²) in [6.07, 6.45) is 0. The van der Waals surface area contributed by atoms with Crippen molar-refractivity contribution in [1.29, 1.82) is 0 Å². The fraction of sp³-hybridized carbons (Fsp3) is 0.294. The van der Waals surface area contributed by atoms with Gasteiger partial charge >= 0.3 is 0 Å². The van der Waals surface area contributed by atoms with E-state index in [1.807, 2.05) is 54.3 Å². The van der Waals surface area contributed by atoms with Crippen LogP contribution >= 0.6 is 0 Å². The Balaban J connectivity index is 1.76. The van der Waals surface area contributed by atoms with Gasteiger partial charge < -0.3 is 10.6 Å². The first-order valence-electron chi connectivity index (χ1n) is 7.44. The number of fused-ring (bicyclic) bond motifs is 1. The van der Waals surface area contributed by atoms with Gasteiger partial charge in [0.25, 0.3) is 0 Å². The third-order valence-electron chi connectivity index (χ3n) is 4.04. The summed E-state index contributed by atoms with van der Waals surface area (Å²) in [6.45, 7) is 3.38. The highest BCUT2D eigenvalue weighted by Gasteiger charge is 2.26. The summed E-state index contributed by atoms with van der Waals surface area (Å²) in [5, 5.41) is 7.86. The molecular formula is C17H19N3O2. The number of piperazine rings is 1. The van der Waals surface area contributed by atoms with Gasteiger partial charge in [-0.3, -0.25) is 14.5 Å². The molecule has 1 atom stereocenters. The predicted molar refractivity (Wildman–Crippen MR) is 86.6 cm³/mol. The number of rotatable bonds is 3. The average Bonchev–Trinajstić information content (AvgIpc) is 2.54. The number of amides is 2. The summed E-state index contributed by atoms with van der Waals surface area (Å²) in [5.41, 5.74) is 0.802. The van der Waals surface area contributed by atoms with E-state index >= 15 is 0 Å². The van der Waals surface area contributed by atoms with E-state index in [0.717, 1.165) is 16.5 Å². The van der Waals surface area contributed by atoms with Gasteiger partial charge in [0, 0.05) is 24.2 Å². The van der Waals surface area contributed by atoms with Crippen LogP contribution in [0.3, 0.4) is 0 Å². The van der Waals surface area contributed by atoms with Crippen molar-refractivity contribution in [1.82, 2.24) is 10.2 Å². The van der Waals surface area contributed by atoms with Gasteiger partial charge in [-0.25, -0.2) is 0 Å². The lowest BCUT2D eigenvalue weighted by Gasteiger charge is -2.31. The second-order valence-corrected chi connectivity index (χ2v) is 5.51. The smallest absolute Gasteiger partial charge is 0.241 e. The van der Waals surface area contributed by atoms with Crippen molar-refractivity contribution in [3.05, 3.63) is 42.5 Å². The van der Waals surface area contributed by atoms with Gasteiger partial charge in [-0.15, -0.1) is 0 Å². The number of nitrogens with one attached hydrogen (secondary N) is 2. The van der Waals surface area contributed by atoms with Crippen LogP contribution in [0.1, 0.15) is 6.92 Å². The molecule has 1 fully saturated rings. The standard InChI is InChI=1S/C17H19N3O2/c1-12(20-10-9-18-16(21)11-20)17(22)19-15-8-4-6-13-5-2-3-7-14(13)15/h2-8,12H,9-11H2,1H3,(H,18,21)(H,19,22)/t12-/m0/s1. The SMILES string of the molecule is C[C@@H](C(=O)Nc1cccc2ccccc12)N1CCNC(=O)C1. The Bertz CT molecular complexity index is 709. The van der Waals surface area contributed by atoms with E-state index in [1.165, 1.54) is 0 Å². The minimum atomic E-state index is -0.343. The number of hydrogen-bond acceptors (Lipinski definition) is 3. The van der Waals surface area contributed by atoms with E-state index in [1.54, 1.807) is 0 Å². The Labute approximate surface area is 129 Å². The number of hydrogen-bond donors (Lipinski definition) is 2. The molecule has 5 nitrogen and oxygen atoms in total. The van der Waals surface area contributed by atoms with Crippen LogP contribution in [-0.4, -0.2) is 42.4 Å². The van der Waals surface area contributed by atoms with Crippen LogP contribution in [0.2, 0.25) is 0 Å². The molecule has 2 N–H and O–H groups in total. The van der Waals surface area contributed by atoms with Crippen LogP contribution in [0.4, 0.5) is 5.69 Å². The molecule has 1 aliphatic rings. The van der Waals surface area contributed by atoms with Gasteiger partial charge in [0.05, 0.1) is 12.6 Å². The third kappa shape index (κ3) is 2.94. The third-order valence-corrected chi connectivity index (χ3v) is 4.04. The van der Waals surface area contributed by atoms with Crippen LogP contribution in [-0.2, 0) is 9.59 Å². The Morgan fingerprint density at radius 2 is 2.00 bits per heavy atom. The fourth-order valence-electron chi connectivity index (χ4n) is 2.73. The second-order valence-electron chi connectivity index (χ2n) is 5.51. The van der Waals surface area contributed by atoms with Crippen LogP contribution < -0.4 is 10.6 Å². The predicted octanol–water partition coefficient (Wildman–Crippen LogP) is 1.60. The fourth-order valence-corrected chi connectivity index (χ4v) is 2.73.